The lowest BCUT2D eigenvalue weighted by Crippen LogP contribution is -1.91. The summed E-state index contributed by atoms with van der Waals surface area (Å²) in [6.07, 6.45) is 2.92. The lowest BCUT2D eigenvalue weighted by molar-refractivity contribution is 0.678. The van der Waals surface area contributed by atoms with Gasteiger partial charge in [0.25, 0.3) is 0 Å². The molecule has 1 aromatic heterocycles. The number of hydrogen-bond acceptors (Lipinski definition) is 4. The number of nitrogens with one attached hydrogen (secondary N) is 1. The summed E-state index contributed by atoms with van der Waals surface area (Å²) in [6, 6.07) is 0. The average Bonchev–Trinajstić information content (AvgIpc) is 2.08. The molecule has 5 heteroatoms. The van der Waals surface area contributed by atoms with Crippen molar-refractivity contribution in [3.8, 4) is 0 Å². The van der Waals surface area contributed by atoms with Crippen LogP contribution in [-0.4, -0.2) is 15.4 Å². The molecule has 0 aliphatic rings. The third-order valence-electron chi connectivity index (χ3n) is 0.743. The average molecular weight is 162 g/mol. The molecular weight excluding hydrogens is 156 g/mol. The van der Waals surface area contributed by atoms with E-state index in [1.54, 1.807) is 11.6 Å². The Labute approximate surface area is 57.7 Å². The van der Waals surface area contributed by atoms with Gasteiger partial charge in [-0.25, -0.2) is 14.0 Å². The molecule has 0 spiro atoms. The minimum Gasteiger partial charge on any atom is -0.247 e. The quantitative estimate of drug-likeness (QED) is 0.674. The molecule has 0 aliphatic carbocycles. The van der Waals surface area contributed by atoms with E-state index in [0.29, 0.717) is 4.34 Å². The fourth-order valence-electron chi connectivity index (χ4n) is 0.403. The molecule has 0 aromatic carbocycles. The number of aromatic nitrogens is 1. The Balaban J connectivity index is 3.20. The second-order valence-electron chi connectivity index (χ2n) is 1.64. The van der Waals surface area contributed by atoms with Crippen molar-refractivity contribution in [1.82, 2.24) is 4.98 Å². The standard InChI is InChI=1S/C4H6N2OS2/c1-9(5,7)4-6-2-3-8-4/h2-3,5H,1H3/t9-/m1/s1. The highest BCUT2D eigenvalue weighted by Crippen LogP contribution is 2.10. The highest BCUT2D eigenvalue weighted by Gasteiger charge is 2.03. The van der Waals surface area contributed by atoms with Crippen molar-refractivity contribution in [3.05, 3.63) is 11.6 Å². The minimum atomic E-state index is -2.55. The van der Waals surface area contributed by atoms with Gasteiger partial charge in [-0.15, -0.1) is 11.3 Å². The highest BCUT2D eigenvalue weighted by atomic mass is 32.2. The number of thiazole rings is 1. The lowest BCUT2D eigenvalue weighted by Gasteiger charge is -1.89. The summed E-state index contributed by atoms with van der Waals surface area (Å²) >= 11 is 1.26. The first-order valence-corrected chi connectivity index (χ1v) is 5.08. The maximum atomic E-state index is 10.9. The Morgan fingerprint density at radius 1 is 1.89 bits per heavy atom. The maximum Gasteiger partial charge on any atom is 0.188 e. The van der Waals surface area contributed by atoms with Gasteiger partial charge in [0.15, 0.2) is 4.34 Å². The summed E-state index contributed by atoms with van der Waals surface area (Å²) < 4.78 is 18.3. The number of nitrogens with zero attached hydrogens (tertiary/aromatic N) is 1. The summed E-state index contributed by atoms with van der Waals surface area (Å²) in [5.74, 6) is 0. The molecule has 0 fully saturated rings. The Morgan fingerprint density at radius 2 is 2.56 bits per heavy atom. The Hall–Kier alpha value is -0.420. The van der Waals surface area contributed by atoms with Gasteiger partial charge >= 0.3 is 0 Å². The smallest absolute Gasteiger partial charge is 0.188 e. The van der Waals surface area contributed by atoms with Crippen LogP contribution in [0, 0.1) is 4.78 Å². The zero-order valence-electron chi connectivity index (χ0n) is 4.83. The van der Waals surface area contributed by atoms with E-state index in [-0.39, 0.29) is 0 Å². The van der Waals surface area contributed by atoms with Crippen LogP contribution in [0.1, 0.15) is 0 Å². The first-order chi connectivity index (χ1) is 4.11. The molecule has 3 nitrogen and oxygen atoms in total. The van der Waals surface area contributed by atoms with Crippen LogP contribution in [0.4, 0.5) is 0 Å². The van der Waals surface area contributed by atoms with E-state index >= 15 is 0 Å². The van der Waals surface area contributed by atoms with Crippen molar-refractivity contribution in [2.75, 3.05) is 6.26 Å². The van der Waals surface area contributed by atoms with Gasteiger partial charge in [0.05, 0.1) is 9.73 Å². The molecule has 0 saturated heterocycles. The Kier molecular flexibility index (Phi) is 1.54. The largest absolute Gasteiger partial charge is 0.247 e. The van der Waals surface area contributed by atoms with E-state index < -0.39 is 9.73 Å². The van der Waals surface area contributed by atoms with Gasteiger partial charge in [-0.1, -0.05) is 0 Å². The molecule has 50 valence electrons. The van der Waals surface area contributed by atoms with Crippen molar-refractivity contribution < 1.29 is 4.21 Å². The topological polar surface area (TPSA) is 53.8 Å². The van der Waals surface area contributed by atoms with E-state index in [1.165, 1.54) is 17.6 Å². The first kappa shape index (κ1) is 6.70. The highest BCUT2D eigenvalue weighted by molar-refractivity contribution is 7.93. The van der Waals surface area contributed by atoms with E-state index in [4.69, 9.17) is 4.78 Å². The van der Waals surface area contributed by atoms with E-state index in [2.05, 4.69) is 4.98 Å². The molecule has 0 amide bonds. The normalized spacial score (nSPS) is 17.0. The van der Waals surface area contributed by atoms with Crippen LogP contribution in [0.25, 0.3) is 0 Å². The minimum absolute atomic E-state index is 0.405. The zero-order chi connectivity index (χ0) is 6.91. The molecule has 1 rings (SSSR count). The fraction of sp³-hybridized carbons (Fsp3) is 0.250. The fourth-order valence-corrected chi connectivity index (χ4v) is 1.93. The van der Waals surface area contributed by atoms with Gasteiger partial charge in [0, 0.05) is 17.8 Å². The number of rotatable bonds is 1. The van der Waals surface area contributed by atoms with Crippen molar-refractivity contribution in [2.24, 2.45) is 0 Å². The summed E-state index contributed by atoms with van der Waals surface area (Å²) in [7, 11) is -2.55. The molecule has 0 aliphatic heterocycles. The zero-order valence-corrected chi connectivity index (χ0v) is 6.46. The Bertz CT molecular complexity index is 274. The molecule has 1 heterocycles. The van der Waals surface area contributed by atoms with E-state index in [0.717, 1.165) is 0 Å². The monoisotopic (exact) mass is 162 g/mol. The van der Waals surface area contributed by atoms with Crippen LogP contribution in [0.3, 0.4) is 0 Å². The van der Waals surface area contributed by atoms with Gasteiger partial charge in [0.1, 0.15) is 0 Å². The third-order valence-corrected chi connectivity index (χ3v) is 3.32. The van der Waals surface area contributed by atoms with Crippen LogP contribution in [-0.2, 0) is 9.73 Å². The maximum absolute atomic E-state index is 10.9. The summed E-state index contributed by atoms with van der Waals surface area (Å²) in [4.78, 5) is 3.74. The van der Waals surface area contributed by atoms with Crippen molar-refractivity contribution in [2.45, 2.75) is 4.34 Å². The van der Waals surface area contributed by atoms with Crippen LogP contribution < -0.4 is 0 Å². The third kappa shape index (κ3) is 1.49. The summed E-state index contributed by atoms with van der Waals surface area (Å²) in [5, 5.41) is 1.72. The summed E-state index contributed by atoms with van der Waals surface area (Å²) in [6.45, 7) is 0. The predicted molar refractivity (Wildman–Crippen MR) is 37.2 cm³/mol. The van der Waals surface area contributed by atoms with E-state index in [1.807, 2.05) is 0 Å². The molecule has 0 saturated carbocycles. The van der Waals surface area contributed by atoms with Crippen molar-refractivity contribution in [3.63, 3.8) is 0 Å². The second-order valence-corrected chi connectivity index (χ2v) is 4.87. The van der Waals surface area contributed by atoms with Gasteiger partial charge in [0.2, 0.25) is 0 Å². The van der Waals surface area contributed by atoms with E-state index in [9.17, 15) is 4.21 Å². The molecule has 0 unspecified atom stereocenters. The molecule has 1 N–H and O–H groups in total. The summed E-state index contributed by atoms with van der Waals surface area (Å²) in [5.41, 5.74) is 0. The number of hydrogen-bond donors (Lipinski definition) is 1. The molecule has 0 bridgehead atoms. The molecule has 9 heavy (non-hydrogen) atoms. The van der Waals surface area contributed by atoms with Crippen LogP contribution in [0.15, 0.2) is 15.9 Å². The second kappa shape index (κ2) is 2.07. The molecule has 1 aromatic rings. The van der Waals surface area contributed by atoms with Crippen LogP contribution >= 0.6 is 11.3 Å². The first-order valence-electron chi connectivity index (χ1n) is 2.24. The van der Waals surface area contributed by atoms with Crippen molar-refractivity contribution >= 4 is 21.1 Å². The van der Waals surface area contributed by atoms with Gasteiger partial charge in [-0.05, 0) is 0 Å². The molecular formula is C4H6N2OS2. The van der Waals surface area contributed by atoms with Gasteiger partial charge in [-0.3, -0.25) is 0 Å². The van der Waals surface area contributed by atoms with Crippen LogP contribution in [0.5, 0.6) is 0 Å². The predicted octanol–water partition coefficient (Wildman–Crippen LogP) is 1.18. The van der Waals surface area contributed by atoms with Gasteiger partial charge < -0.3 is 0 Å². The Morgan fingerprint density at radius 3 is 2.78 bits per heavy atom. The molecule has 0 radical (unpaired) electrons. The molecule has 1 atom stereocenters. The van der Waals surface area contributed by atoms with Crippen molar-refractivity contribution in [1.29, 1.82) is 4.78 Å². The SMILES string of the molecule is C[S@@](=N)(=O)c1nccs1. The van der Waals surface area contributed by atoms with Crippen LogP contribution in [0.2, 0.25) is 0 Å². The lowest BCUT2D eigenvalue weighted by atomic mass is 11.0. The van der Waals surface area contributed by atoms with Gasteiger partial charge in [-0.2, -0.15) is 0 Å².